The SMILES string of the molecule is COC(=O)CCN(C)Cc1ccoc1C(=O)OC. The van der Waals surface area contributed by atoms with E-state index in [1.165, 1.54) is 20.5 Å². The number of ether oxygens (including phenoxy) is 2. The van der Waals surface area contributed by atoms with Crippen LogP contribution < -0.4 is 0 Å². The number of carbonyl (C=O) groups excluding carboxylic acids is 2. The van der Waals surface area contributed by atoms with E-state index in [1.54, 1.807) is 6.07 Å². The highest BCUT2D eigenvalue weighted by atomic mass is 16.5. The van der Waals surface area contributed by atoms with Gasteiger partial charge in [0, 0.05) is 18.7 Å². The third-order valence-electron chi connectivity index (χ3n) is 2.48. The fourth-order valence-corrected chi connectivity index (χ4v) is 1.49. The predicted octanol–water partition coefficient (Wildman–Crippen LogP) is 1.06. The van der Waals surface area contributed by atoms with E-state index in [9.17, 15) is 9.59 Å². The van der Waals surface area contributed by atoms with E-state index in [0.717, 1.165) is 5.56 Å². The van der Waals surface area contributed by atoms with E-state index in [4.69, 9.17) is 4.42 Å². The molecule has 0 aliphatic rings. The summed E-state index contributed by atoms with van der Waals surface area (Å²) >= 11 is 0. The van der Waals surface area contributed by atoms with Crippen LogP contribution in [0.25, 0.3) is 0 Å². The molecule has 0 atom stereocenters. The van der Waals surface area contributed by atoms with Gasteiger partial charge in [-0.15, -0.1) is 0 Å². The Labute approximate surface area is 105 Å². The largest absolute Gasteiger partial charge is 0.469 e. The lowest BCUT2D eigenvalue weighted by molar-refractivity contribution is -0.140. The minimum atomic E-state index is -0.503. The van der Waals surface area contributed by atoms with Crippen molar-refractivity contribution in [1.82, 2.24) is 4.90 Å². The number of hydrogen-bond donors (Lipinski definition) is 0. The van der Waals surface area contributed by atoms with Crippen molar-refractivity contribution >= 4 is 11.9 Å². The quantitative estimate of drug-likeness (QED) is 0.708. The van der Waals surface area contributed by atoms with Crippen LogP contribution in [0, 0.1) is 0 Å². The summed E-state index contributed by atoms with van der Waals surface area (Å²) in [6, 6.07) is 1.71. The zero-order chi connectivity index (χ0) is 13.5. The van der Waals surface area contributed by atoms with Crippen molar-refractivity contribution in [1.29, 1.82) is 0 Å². The number of esters is 2. The topological polar surface area (TPSA) is 69.0 Å². The first-order valence-electron chi connectivity index (χ1n) is 5.48. The zero-order valence-corrected chi connectivity index (χ0v) is 10.8. The molecule has 0 N–H and O–H groups in total. The first-order chi connectivity index (χ1) is 8.58. The van der Waals surface area contributed by atoms with E-state index in [2.05, 4.69) is 9.47 Å². The molecule has 0 aliphatic carbocycles. The molecule has 0 aromatic carbocycles. The van der Waals surface area contributed by atoms with Crippen LogP contribution in [0.1, 0.15) is 22.5 Å². The summed E-state index contributed by atoms with van der Waals surface area (Å²) in [6.07, 6.45) is 1.74. The summed E-state index contributed by atoms with van der Waals surface area (Å²) in [6.45, 7) is 1.04. The van der Waals surface area contributed by atoms with Gasteiger partial charge in [0.05, 0.1) is 26.9 Å². The van der Waals surface area contributed by atoms with Gasteiger partial charge in [-0.25, -0.2) is 4.79 Å². The molecule has 100 valence electrons. The normalized spacial score (nSPS) is 10.4. The van der Waals surface area contributed by atoms with Gasteiger partial charge in [-0.1, -0.05) is 0 Å². The number of methoxy groups -OCH3 is 2. The second-order valence-corrected chi connectivity index (χ2v) is 3.83. The Bertz CT molecular complexity index is 412. The lowest BCUT2D eigenvalue weighted by Gasteiger charge is -2.15. The summed E-state index contributed by atoms with van der Waals surface area (Å²) in [5.74, 6) is -0.568. The molecule has 6 nitrogen and oxygen atoms in total. The van der Waals surface area contributed by atoms with Crippen LogP contribution in [-0.2, 0) is 20.8 Å². The number of nitrogens with zero attached hydrogens (tertiary/aromatic N) is 1. The summed E-state index contributed by atoms with van der Waals surface area (Å²) < 4.78 is 14.2. The smallest absolute Gasteiger partial charge is 0.374 e. The van der Waals surface area contributed by atoms with Crippen molar-refractivity contribution in [2.24, 2.45) is 0 Å². The zero-order valence-electron chi connectivity index (χ0n) is 10.8. The standard InChI is InChI=1S/C12H17NO5/c1-13(6-4-10(14)16-2)8-9-5-7-18-11(9)12(15)17-3/h5,7H,4,6,8H2,1-3H3. The Balaban J connectivity index is 2.54. The van der Waals surface area contributed by atoms with Crippen LogP contribution >= 0.6 is 0 Å². The molecule has 0 aliphatic heterocycles. The van der Waals surface area contributed by atoms with Gasteiger partial charge >= 0.3 is 11.9 Å². The van der Waals surface area contributed by atoms with E-state index in [-0.39, 0.29) is 11.7 Å². The molecule has 6 heteroatoms. The van der Waals surface area contributed by atoms with Crippen molar-refractivity contribution in [3.63, 3.8) is 0 Å². The van der Waals surface area contributed by atoms with Gasteiger partial charge in [0.2, 0.25) is 5.76 Å². The summed E-state index contributed by atoms with van der Waals surface area (Å²) in [5.41, 5.74) is 0.731. The van der Waals surface area contributed by atoms with Gasteiger partial charge in [0.25, 0.3) is 0 Å². The van der Waals surface area contributed by atoms with E-state index < -0.39 is 5.97 Å². The van der Waals surface area contributed by atoms with Crippen LogP contribution in [0.15, 0.2) is 16.7 Å². The minimum absolute atomic E-state index is 0.197. The van der Waals surface area contributed by atoms with Crippen molar-refractivity contribution in [3.05, 3.63) is 23.7 Å². The average Bonchev–Trinajstić information content (AvgIpc) is 2.82. The molecule has 0 fully saturated rings. The molecule has 0 unspecified atom stereocenters. The molecule has 0 radical (unpaired) electrons. The molecular weight excluding hydrogens is 238 g/mol. The summed E-state index contributed by atoms with van der Waals surface area (Å²) in [5, 5.41) is 0. The van der Waals surface area contributed by atoms with Crippen LogP contribution in [-0.4, -0.2) is 44.7 Å². The summed E-state index contributed by atoms with van der Waals surface area (Å²) in [4.78, 5) is 24.3. The maximum atomic E-state index is 11.4. The minimum Gasteiger partial charge on any atom is -0.469 e. The molecule has 1 heterocycles. The van der Waals surface area contributed by atoms with Crippen molar-refractivity contribution < 1.29 is 23.5 Å². The van der Waals surface area contributed by atoms with Crippen molar-refractivity contribution in [2.75, 3.05) is 27.8 Å². The fourth-order valence-electron chi connectivity index (χ4n) is 1.49. The van der Waals surface area contributed by atoms with Crippen LogP contribution in [0.2, 0.25) is 0 Å². The van der Waals surface area contributed by atoms with Crippen molar-refractivity contribution in [3.8, 4) is 0 Å². The lowest BCUT2D eigenvalue weighted by atomic mass is 10.2. The molecule has 0 spiro atoms. The second-order valence-electron chi connectivity index (χ2n) is 3.83. The third-order valence-corrected chi connectivity index (χ3v) is 2.48. The highest BCUT2D eigenvalue weighted by molar-refractivity contribution is 5.87. The number of hydrogen-bond acceptors (Lipinski definition) is 6. The molecule has 0 saturated carbocycles. The Morgan fingerprint density at radius 1 is 1.33 bits per heavy atom. The van der Waals surface area contributed by atoms with Crippen LogP contribution in [0.4, 0.5) is 0 Å². The predicted molar refractivity (Wildman–Crippen MR) is 63.0 cm³/mol. The average molecular weight is 255 g/mol. The van der Waals surface area contributed by atoms with Crippen LogP contribution in [0.3, 0.4) is 0 Å². The summed E-state index contributed by atoms with van der Waals surface area (Å²) in [7, 11) is 4.50. The number of rotatable bonds is 6. The van der Waals surface area contributed by atoms with E-state index >= 15 is 0 Å². The second kappa shape index (κ2) is 6.80. The van der Waals surface area contributed by atoms with Gasteiger partial charge in [0.1, 0.15) is 0 Å². The number of carbonyl (C=O) groups is 2. The van der Waals surface area contributed by atoms with Crippen molar-refractivity contribution in [2.45, 2.75) is 13.0 Å². The van der Waals surface area contributed by atoms with Gasteiger partial charge < -0.3 is 18.8 Å². The fraction of sp³-hybridized carbons (Fsp3) is 0.500. The molecule has 1 aromatic rings. The van der Waals surface area contributed by atoms with Gasteiger partial charge in [0.15, 0.2) is 0 Å². The molecule has 1 rings (SSSR count). The molecule has 1 aromatic heterocycles. The first kappa shape index (κ1) is 14.2. The Hall–Kier alpha value is -1.82. The van der Waals surface area contributed by atoms with E-state index in [0.29, 0.717) is 19.5 Å². The lowest BCUT2D eigenvalue weighted by Crippen LogP contribution is -2.22. The molecular formula is C12H17NO5. The first-order valence-corrected chi connectivity index (χ1v) is 5.48. The third kappa shape index (κ3) is 3.89. The van der Waals surface area contributed by atoms with Crippen LogP contribution in [0.5, 0.6) is 0 Å². The Morgan fingerprint density at radius 2 is 2.06 bits per heavy atom. The maximum Gasteiger partial charge on any atom is 0.374 e. The monoisotopic (exact) mass is 255 g/mol. The molecule has 0 bridgehead atoms. The maximum absolute atomic E-state index is 11.4. The Morgan fingerprint density at radius 3 is 2.67 bits per heavy atom. The van der Waals surface area contributed by atoms with E-state index in [1.807, 2.05) is 11.9 Å². The highest BCUT2D eigenvalue weighted by Gasteiger charge is 2.17. The Kier molecular flexibility index (Phi) is 5.38. The van der Waals surface area contributed by atoms with Gasteiger partial charge in [-0.3, -0.25) is 4.79 Å². The molecule has 18 heavy (non-hydrogen) atoms. The number of furan rings is 1. The highest BCUT2D eigenvalue weighted by Crippen LogP contribution is 2.13. The van der Waals surface area contributed by atoms with Gasteiger partial charge in [-0.05, 0) is 13.1 Å². The molecule has 0 saturated heterocycles. The molecule has 0 amide bonds. The van der Waals surface area contributed by atoms with Gasteiger partial charge in [-0.2, -0.15) is 0 Å².